The standard InChI is InChI=1S/C14H16N2/c1-2-10-3-4-11-5-6-12(13(11)7-10)14-8-15-9-16-14/h3-4,7-9,12H,2,5-6H2,1H3,(H,15,16). The Morgan fingerprint density at radius 2 is 2.38 bits per heavy atom. The fourth-order valence-corrected chi connectivity index (χ4v) is 2.64. The molecule has 2 aromatic rings. The Bertz CT molecular complexity index is 485. The van der Waals surface area contributed by atoms with Crippen molar-refractivity contribution in [2.75, 3.05) is 0 Å². The van der Waals surface area contributed by atoms with Gasteiger partial charge in [-0.3, -0.25) is 0 Å². The van der Waals surface area contributed by atoms with Gasteiger partial charge in [0.25, 0.3) is 0 Å². The Kier molecular flexibility index (Phi) is 2.28. The van der Waals surface area contributed by atoms with Crippen LogP contribution in [0.15, 0.2) is 30.7 Å². The molecular formula is C14H16N2. The summed E-state index contributed by atoms with van der Waals surface area (Å²) >= 11 is 0. The van der Waals surface area contributed by atoms with Gasteiger partial charge in [0.2, 0.25) is 0 Å². The lowest BCUT2D eigenvalue weighted by molar-refractivity contribution is 0.766. The molecule has 3 rings (SSSR count). The highest BCUT2D eigenvalue weighted by atomic mass is 14.9. The van der Waals surface area contributed by atoms with Gasteiger partial charge in [0, 0.05) is 12.1 Å². The second-order valence-electron chi connectivity index (χ2n) is 4.47. The van der Waals surface area contributed by atoms with E-state index >= 15 is 0 Å². The van der Waals surface area contributed by atoms with Gasteiger partial charge in [0.1, 0.15) is 0 Å². The van der Waals surface area contributed by atoms with Crippen LogP contribution in [-0.4, -0.2) is 9.97 Å². The van der Waals surface area contributed by atoms with Crippen molar-refractivity contribution in [3.8, 4) is 0 Å². The van der Waals surface area contributed by atoms with Crippen molar-refractivity contribution in [1.82, 2.24) is 9.97 Å². The highest BCUT2D eigenvalue weighted by Gasteiger charge is 2.25. The lowest BCUT2D eigenvalue weighted by Crippen LogP contribution is -1.97. The maximum atomic E-state index is 4.40. The number of hydrogen-bond donors (Lipinski definition) is 1. The number of hydrogen-bond acceptors (Lipinski definition) is 1. The lowest BCUT2D eigenvalue weighted by Gasteiger charge is -2.09. The molecule has 82 valence electrons. The summed E-state index contributed by atoms with van der Waals surface area (Å²) in [6.07, 6.45) is 7.31. The van der Waals surface area contributed by atoms with Crippen molar-refractivity contribution in [3.63, 3.8) is 0 Å². The predicted molar refractivity (Wildman–Crippen MR) is 64.6 cm³/mol. The largest absolute Gasteiger partial charge is 0.351 e. The van der Waals surface area contributed by atoms with Gasteiger partial charge in [-0.05, 0) is 36.0 Å². The zero-order chi connectivity index (χ0) is 11.0. The zero-order valence-electron chi connectivity index (χ0n) is 9.53. The third kappa shape index (κ3) is 1.45. The molecule has 1 heterocycles. The monoisotopic (exact) mass is 212 g/mol. The molecule has 1 aliphatic carbocycles. The average Bonchev–Trinajstić information content (AvgIpc) is 2.96. The minimum absolute atomic E-state index is 0.507. The molecule has 1 aromatic heterocycles. The summed E-state index contributed by atoms with van der Waals surface area (Å²) in [4.78, 5) is 7.45. The molecule has 0 saturated carbocycles. The molecule has 1 unspecified atom stereocenters. The number of nitrogens with zero attached hydrogens (tertiary/aromatic N) is 1. The predicted octanol–water partition coefficient (Wildman–Crippen LogP) is 3.05. The quantitative estimate of drug-likeness (QED) is 0.814. The molecule has 0 aliphatic heterocycles. The van der Waals surface area contributed by atoms with Gasteiger partial charge in [-0.2, -0.15) is 0 Å². The van der Waals surface area contributed by atoms with E-state index in [-0.39, 0.29) is 0 Å². The van der Waals surface area contributed by atoms with E-state index in [9.17, 15) is 0 Å². The van der Waals surface area contributed by atoms with Gasteiger partial charge in [-0.1, -0.05) is 25.1 Å². The normalized spacial score (nSPS) is 18.7. The molecule has 0 saturated heterocycles. The van der Waals surface area contributed by atoms with Gasteiger partial charge in [-0.25, -0.2) is 4.98 Å². The first-order valence-electron chi connectivity index (χ1n) is 5.99. The summed E-state index contributed by atoms with van der Waals surface area (Å²) in [6.45, 7) is 2.21. The molecule has 0 fully saturated rings. The summed E-state index contributed by atoms with van der Waals surface area (Å²) < 4.78 is 0. The molecule has 0 radical (unpaired) electrons. The Balaban J connectivity index is 2.04. The van der Waals surface area contributed by atoms with Crippen LogP contribution in [0, 0.1) is 0 Å². The number of rotatable bonds is 2. The van der Waals surface area contributed by atoms with Crippen LogP contribution in [0.1, 0.15) is 41.6 Å². The van der Waals surface area contributed by atoms with E-state index < -0.39 is 0 Å². The maximum absolute atomic E-state index is 4.40. The average molecular weight is 212 g/mol. The number of fused-ring (bicyclic) bond motifs is 1. The number of aromatic amines is 1. The van der Waals surface area contributed by atoms with Gasteiger partial charge >= 0.3 is 0 Å². The zero-order valence-corrected chi connectivity index (χ0v) is 9.53. The van der Waals surface area contributed by atoms with Gasteiger partial charge < -0.3 is 4.98 Å². The van der Waals surface area contributed by atoms with E-state index in [1.54, 1.807) is 6.33 Å². The fourth-order valence-electron chi connectivity index (χ4n) is 2.64. The second kappa shape index (κ2) is 3.78. The molecule has 1 atom stereocenters. The van der Waals surface area contributed by atoms with Crippen molar-refractivity contribution < 1.29 is 0 Å². The Morgan fingerprint density at radius 3 is 3.12 bits per heavy atom. The smallest absolute Gasteiger partial charge is 0.0923 e. The molecule has 2 nitrogen and oxygen atoms in total. The molecule has 1 aromatic carbocycles. The molecular weight excluding hydrogens is 196 g/mol. The Labute approximate surface area is 95.7 Å². The van der Waals surface area contributed by atoms with E-state index in [0.29, 0.717) is 5.92 Å². The second-order valence-corrected chi connectivity index (χ2v) is 4.47. The molecule has 16 heavy (non-hydrogen) atoms. The van der Waals surface area contributed by atoms with Gasteiger partial charge in [0.15, 0.2) is 0 Å². The van der Waals surface area contributed by atoms with Crippen LogP contribution in [0.2, 0.25) is 0 Å². The maximum Gasteiger partial charge on any atom is 0.0923 e. The summed E-state index contributed by atoms with van der Waals surface area (Å²) in [5.74, 6) is 0.507. The van der Waals surface area contributed by atoms with Crippen LogP contribution in [0.4, 0.5) is 0 Å². The van der Waals surface area contributed by atoms with Crippen LogP contribution in [0.3, 0.4) is 0 Å². The first-order chi connectivity index (χ1) is 7.88. The molecule has 1 aliphatic rings. The van der Waals surface area contributed by atoms with Crippen molar-refractivity contribution in [2.24, 2.45) is 0 Å². The Morgan fingerprint density at radius 1 is 1.44 bits per heavy atom. The highest BCUT2D eigenvalue weighted by Crippen LogP contribution is 2.37. The fraction of sp³-hybridized carbons (Fsp3) is 0.357. The molecule has 0 bridgehead atoms. The van der Waals surface area contributed by atoms with Crippen LogP contribution in [-0.2, 0) is 12.8 Å². The van der Waals surface area contributed by atoms with Crippen molar-refractivity contribution in [2.45, 2.75) is 32.1 Å². The number of aromatic nitrogens is 2. The van der Waals surface area contributed by atoms with E-state index in [0.717, 1.165) is 6.42 Å². The van der Waals surface area contributed by atoms with E-state index in [2.05, 4.69) is 35.1 Å². The minimum Gasteiger partial charge on any atom is -0.351 e. The van der Waals surface area contributed by atoms with E-state index in [4.69, 9.17) is 0 Å². The molecule has 0 spiro atoms. The number of imidazole rings is 1. The van der Waals surface area contributed by atoms with E-state index in [1.807, 2.05) is 6.20 Å². The summed E-state index contributed by atoms with van der Waals surface area (Å²) in [5.41, 5.74) is 5.62. The summed E-state index contributed by atoms with van der Waals surface area (Å²) in [7, 11) is 0. The van der Waals surface area contributed by atoms with E-state index in [1.165, 1.54) is 35.2 Å². The number of nitrogens with one attached hydrogen (secondary N) is 1. The first kappa shape index (κ1) is 9.64. The summed E-state index contributed by atoms with van der Waals surface area (Å²) in [6, 6.07) is 6.91. The summed E-state index contributed by atoms with van der Waals surface area (Å²) in [5, 5.41) is 0. The highest BCUT2D eigenvalue weighted by molar-refractivity contribution is 5.42. The van der Waals surface area contributed by atoms with Crippen LogP contribution in [0.25, 0.3) is 0 Å². The topological polar surface area (TPSA) is 28.7 Å². The third-order valence-corrected chi connectivity index (χ3v) is 3.57. The molecule has 1 N–H and O–H groups in total. The minimum atomic E-state index is 0.507. The third-order valence-electron chi connectivity index (χ3n) is 3.57. The molecule has 2 heteroatoms. The van der Waals surface area contributed by atoms with Crippen molar-refractivity contribution in [3.05, 3.63) is 53.1 Å². The number of H-pyrrole nitrogens is 1. The number of aryl methyl sites for hydroxylation is 2. The van der Waals surface area contributed by atoms with Crippen molar-refractivity contribution >= 4 is 0 Å². The Hall–Kier alpha value is -1.57. The van der Waals surface area contributed by atoms with Crippen LogP contribution < -0.4 is 0 Å². The lowest BCUT2D eigenvalue weighted by atomic mass is 9.96. The SMILES string of the molecule is CCc1ccc2c(c1)C(c1c[nH]cn1)CC2. The van der Waals surface area contributed by atoms with Crippen LogP contribution in [0.5, 0.6) is 0 Å². The van der Waals surface area contributed by atoms with Gasteiger partial charge in [0.05, 0.1) is 12.0 Å². The first-order valence-corrected chi connectivity index (χ1v) is 5.99. The van der Waals surface area contributed by atoms with Gasteiger partial charge in [-0.15, -0.1) is 0 Å². The molecule has 0 amide bonds. The van der Waals surface area contributed by atoms with Crippen LogP contribution >= 0.6 is 0 Å². The number of benzene rings is 1. The van der Waals surface area contributed by atoms with Crippen molar-refractivity contribution in [1.29, 1.82) is 0 Å².